The zero-order valence-electron chi connectivity index (χ0n) is 18.5. The number of hydrogen-bond donors (Lipinski definition) is 0. The van der Waals surface area contributed by atoms with E-state index in [1.807, 2.05) is 81.0 Å². The lowest BCUT2D eigenvalue weighted by molar-refractivity contribution is -0.131. The van der Waals surface area contributed by atoms with Gasteiger partial charge >= 0.3 is 0 Å². The maximum atomic E-state index is 13.1. The van der Waals surface area contributed by atoms with Gasteiger partial charge in [-0.1, -0.05) is 23.7 Å². The number of aromatic nitrogens is 5. The van der Waals surface area contributed by atoms with Crippen molar-refractivity contribution >= 4 is 17.5 Å². The van der Waals surface area contributed by atoms with E-state index in [1.165, 1.54) is 6.33 Å². The quantitative estimate of drug-likeness (QED) is 0.436. The van der Waals surface area contributed by atoms with Gasteiger partial charge < -0.3 is 4.90 Å². The van der Waals surface area contributed by atoms with Crippen molar-refractivity contribution in [3.05, 3.63) is 88.7 Å². The van der Waals surface area contributed by atoms with Gasteiger partial charge in [-0.25, -0.2) is 14.3 Å². The Balaban J connectivity index is 1.49. The Morgan fingerprint density at radius 2 is 1.72 bits per heavy atom. The van der Waals surface area contributed by atoms with Crippen molar-refractivity contribution in [2.24, 2.45) is 0 Å². The Labute approximate surface area is 192 Å². The molecule has 2 aromatic heterocycles. The maximum absolute atomic E-state index is 13.1. The predicted octanol–water partition coefficient (Wildman–Crippen LogP) is 4.49. The Hall–Kier alpha value is -3.45. The molecule has 0 N–H and O–H groups in total. The third-order valence-electron chi connectivity index (χ3n) is 5.87. The highest BCUT2D eigenvalue weighted by molar-refractivity contribution is 6.30. The van der Waals surface area contributed by atoms with E-state index in [0.717, 1.165) is 33.9 Å². The molecule has 1 unspecified atom stereocenters. The van der Waals surface area contributed by atoms with Gasteiger partial charge in [0.2, 0.25) is 5.91 Å². The van der Waals surface area contributed by atoms with Crippen molar-refractivity contribution in [2.45, 2.75) is 33.2 Å². The van der Waals surface area contributed by atoms with Gasteiger partial charge in [-0.2, -0.15) is 10.2 Å². The van der Waals surface area contributed by atoms with E-state index < -0.39 is 0 Å². The molecule has 2 heterocycles. The van der Waals surface area contributed by atoms with Crippen molar-refractivity contribution < 1.29 is 4.79 Å². The zero-order valence-corrected chi connectivity index (χ0v) is 19.3. The van der Waals surface area contributed by atoms with Crippen LogP contribution in [-0.2, 0) is 11.2 Å². The number of rotatable bonds is 6. The van der Waals surface area contributed by atoms with Crippen LogP contribution in [0.5, 0.6) is 0 Å². The molecule has 0 fully saturated rings. The van der Waals surface area contributed by atoms with Crippen LogP contribution in [0, 0.1) is 13.8 Å². The van der Waals surface area contributed by atoms with Crippen LogP contribution < -0.4 is 0 Å². The van der Waals surface area contributed by atoms with Gasteiger partial charge in [-0.05, 0) is 62.7 Å². The predicted molar refractivity (Wildman–Crippen MR) is 124 cm³/mol. The monoisotopic (exact) mass is 448 g/mol. The fourth-order valence-corrected chi connectivity index (χ4v) is 3.85. The van der Waals surface area contributed by atoms with Crippen molar-refractivity contribution in [2.75, 3.05) is 7.05 Å². The number of aryl methyl sites for hydroxylation is 1. The highest BCUT2D eigenvalue weighted by atomic mass is 35.5. The summed E-state index contributed by atoms with van der Waals surface area (Å²) in [7, 11) is 1.84. The molecule has 4 rings (SSSR count). The Kier molecular flexibility index (Phi) is 6.10. The number of amides is 1. The molecule has 0 saturated heterocycles. The first-order chi connectivity index (χ1) is 15.3. The second kappa shape index (κ2) is 8.96. The summed E-state index contributed by atoms with van der Waals surface area (Å²) in [5.74, 6) is 0.0414. The molecule has 164 valence electrons. The van der Waals surface area contributed by atoms with Gasteiger partial charge in [0.05, 0.1) is 29.5 Å². The van der Waals surface area contributed by atoms with Gasteiger partial charge in [0.25, 0.3) is 0 Å². The number of halogens is 1. The summed E-state index contributed by atoms with van der Waals surface area (Å²) in [6, 6.07) is 15.4. The van der Waals surface area contributed by atoms with Crippen LogP contribution in [0.3, 0.4) is 0 Å². The van der Waals surface area contributed by atoms with Crippen LogP contribution in [0.4, 0.5) is 0 Å². The molecular formula is C24H25ClN6O. The Morgan fingerprint density at radius 3 is 2.34 bits per heavy atom. The molecule has 0 radical (unpaired) electrons. The minimum Gasteiger partial charge on any atom is -0.339 e. The average molecular weight is 449 g/mol. The highest BCUT2D eigenvalue weighted by Gasteiger charge is 2.22. The number of hydrogen-bond acceptors (Lipinski definition) is 4. The van der Waals surface area contributed by atoms with Gasteiger partial charge in [0, 0.05) is 23.3 Å². The average Bonchev–Trinajstić information content (AvgIpc) is 3.43. The minimum atomic E-state index is -0.0702. The second-order valence-corrected chi connectivity index (χ2v) is 8.26. The Morgan fingerprint density at radius 1 is 1.06 bits per heavy atom. The van der Waals surface area contributed by atoms with Crippen LogP contribution in [-0.4, -0.2) is 42.4 Å². The molecule has 0 spiro atoms. The topological polar surface area (TPSA) is 68.8 Å². The summed E-state index contributed by atoms with van der Waals surface area (Å²) in [6.07, 6.45) is 3.45. The summed E-state index contributed by atoms with van der Waals surface area (Å²) < 4.78 is 3.56. The summed E-state index contributed by atoms with van der Waals surface area (Å²) in [5, 5.41) is 9.47. The molecule has 8 heteroatoms. The number of nitrogens with zero attached hydrogens (tertiary/aromatic N) is 6. The van der Waals surface area contributed by atoms with Gasteiger partial charge in [-0.3, -0.25) is 4.79 Å². The molecule has 2 aromatic carbocycles. The van der Waals surface area contributed by atoms with Crippen LogP contribution in [0.25, 0.3) is 11.4 Å². The third-order valence-corrected chi connectivity index (χ3v) is 6.13. The van der Waals surface area contributed by atoms with Crippen LogP contribution in [0.1, 0.15) is 35.5 Å². The summed E-state index contributed by atoms with van der Waals surface area (Å²) in [4.78, 5) is 18.9. The summed E-state index contributed by atoms with van der Waals surface area (Å²) in [5.41, 5.74) is 5.65. The lowest BCUT2D eigenvalue weighted by Crippen LogP contribution is -2.31. The van der Waals surface area contributed by atoms with Crippen LogP contribution >= 0.6 is 11.6 Å². The number of carbonyl (C=O) groups is 1. The SMILES string of the molecule is Cc1nn(-c2ccc(Cl)cc2)c(C)c1CC(=O)N(C)C(C)c1ccc(-n2cncn2)cc1. The molecule has 0 aliphatic carbocycles. The van der Waals surface area contributed by atoms with Gasteiger partial charge in [0.15, 0.2) is 0 Å². The first-order valence-corrected chi connectivity index (χ1v) is 10.7. The van der Waals surface area contributed by atoms with Crippen molar-refractivity contribution in [3.63, 3.8) is 0 Å². The summed E-state index contributed by atoms with van der Waals surface area (Å²) >= 11 is 6.01. The lowest BCUT2D eigenvalue weighted by atomic mass is 10.0. The number of likely N-dealkylation sites (N-methyl/N-ethyl adjacent to an activating group) is 1. The molecule has 0 bridgehead atoms. The molecule has 0 saturated carbocycles. The summed E-state index contributed by atoms with van der Waals surface area (Å²) in [6.45, 7) is 5.96. The van der Waals surface area contributed by atoms with E-state index in [1.54, 1.807) is 15.9 Å². The van der Waals surface area contributed by atoms with Crippen molar-refractivity contribution in [1.82, 2.24) is 29.4 Å². The fourth-order valence-electron chi connectivity index (χ4n) is 3.73. The Bertz CT molecular complexity index is 1210. The minimum absolute atomic E-state index is 0.0414. The molecule has 1 amide bonds. The van der Waals surface area contributed by atoms with Gasteiger partial charge in [-0.15, -0.1) is 0 Å². The van der Waals surface area contributed by atoms with E-state index in [-0.39, 0.29) is 11.9 Å². The fraction of sp³-hybridized carbons (Fsp3) is 0.250. The van der Waals surface area contributed by atoms with Crippen LogP contribution in [0.2, 0.25) is 5.02 Å². The first-order valence-electron chi connectivity index (χ1n) is 10.4. The van der Waals surface area contributed by atoms with E-state index in [0.29, 0.717) is 11.4 Å². The normalized spacial score (nSPS) is 12.0. The molecular weight excluding hydrogens is 424 g/mol. The molecule has 32 heavy (non-hydrogen) atoms. The van der Waals surface area contributed by atoms with Crippen molar-refractivity contribution in [1.29, 1.82) is 0 Å². The number of carbonyl (C=O) groups excluding carboxylic acids is 1. The standard InChI is InChI=1S/C24H25ClN6O/c1-16-23(18(3)31(28-16)22-11-7-20(25)8-12-22)13-24(32)29(4)17(2)19-5-9-21(10-6-19)30-15-26-14-27-30/h5-12,14-15,17H,13H2,1-4H3. The van der Waals surface area contributed by atoms with E-state index in [4.69, 9.17) is 11.6 Å². The zero-order chi connectivity index (χ0) is 22.8. The molecule has 1 atom stereocenters. The van der Waals surface area contributed by atoms with Crippen molar-refractivity contribution in [3.8, 4) is 11.4 Å². The van der Waals surface area contributed by atoms with Gasteiger partial charge in [0.1, 0.15) is 12.7 Å². The smallest absolute Gasteiger partial charge is 0.227 e. The first kappa shape index (κ1) is 21.8. The van der Waals surface area contributed by atoms with Crippen LogP contribution in [0.15, 0.2) is 61.2 Å². The second-order valence-electron chi connectivity index (χ2n) is 7.83. The van der Waals surface area contributed by atoms with E-state index in [9.17, 15) is 4.79 Å². The maximum Gasteiger partial charge on any atom is 0.227 e. The molecule has 0 aliphatic rings. The lowest BCUT2D eigenvalue weighted by Gasteiger charge is -2.25. The van der Waals surface area contributed by atoms with E-state index >= 15 is 0 Å². The molecule has 4 aromatic rings. The van der Waals surface area contributed by atoms with E-state index in [2.05, 4.69) is 15.2 Å². The largest absolute Gasteiger partial charge is 0.339 e. The third kappa shape index (κ3) is 4.29. The highest BCUT2D eigenvalue weighted by Crippen LogP contribution is 2.24. The molecule has 7 nitrogen and oxygen atoms in total. The number of benzene rings is 2. The molecule has 0 aliphatic heterocycles.